The molecule has 0 radical (unpaired) electrons. The summed E-state index contributed by atoms with van der Waals surface area (Å²) in [6.45, 7) is 1.28. The molecule has 6 atom stereocenters. The van der Waals surface area contributed by atoms with E-state index in [-0.39, 0.29) is 24.9 Å². The normalized spacial score (nSPS) is 23.8. The number of unbranched alkanes of at least 4 members (excludes halogenated alkanes) is 1. The van der Waals surface area contributed by atoms with Crippen molar-refractivity contribution >= 4 is 5.97 Å². The number of aryl methyl sites for hydroxylation is 1. The van der Waals surface area contributed by atoms with Crippen LogP contribution in [0.3, 0.4) is 0 Å². The van der Waals surface area contributed by atoms with Crippen LogP contribution in [0.5, 0.6) is 0 Å². The lowest BCUT2D eigenvalue weighted by Crippen LogP contribution is -2.23. The molecule has 1 aromatic carbocycles. The molecule has 0 saturated heterocycles. The number of aliphatic hydroxyl groups is 3. The van der Waals surface area contributed by atoms with E-state index < -0.39 is 35.5 Å². The zero-order valence-corrected chi connectivity index (χ0v) is 20.4. The molecule has 35 heavy (non-hydrogen) atoms. The van der Waals surface area contributed by atoms with E-state index in [0.29, 0.717) is 44.9 Å². The van der Waals surface area contributed by atoms with Gasteiger partial charge in [0.05, 0.1) is 18.3 Å². The Morgan fingerprint density at radius 1 is 1.17 bits per heavy atom. The summed E-state index contributed by atoms with van der Waals surface area (Å²) in [5.41, 5.74) is 1.19. The first-order chi connectivity index (χ1) is 16.8. The van der Waals surface area contributed by atoms with Crippen molar-refractivity contribution in [2.24, 2.45) is 11.8 Å². The Hall–Kier alpha value is -2.49. The zero-order chi connectivity index (χ0) is 25.6. The van der Waals surface area contributed by atoms with E-state index in [4.69, 9.17) is 4.74 Å². The molecule has 9 nitrogen and oxygen atoms in total. The van der Waals surface area contributed by atoms with E-state index in [2.05, 4.69) is 4.84 Å². The lowest BCUT2D eigenvalue weighted by atomic mass is 9.85. The molecule has 0 spiro atoms. The highest BCUT2D eigenvalue weighted by Crippen LogP contribution is 2.38. The zero-order valence-electron chi connectivity index (χ0n) is 20.4. The van der Waals surface area contributed by atoms with Crippen molar-refractivity contribution in [3.05, 3.63) is 58.2 Å². The highest BCUT2D eigenvalue weighted by molar-refractivity contribution is 5.69. The van der Waals surface area contributed by atoms with Crippen LogP contribution in [0.15, 0.2) is 42.5 Å². The largest absolute Gasteiger partial charge is 0.463 e. The molecule has 1 aliphatic rings. The van der Waals surface area contributed by atoms with Crippen LogP contribution in [0.25, 0.3) is 0 Å². The third-order valence-electron chi connectivity index (χ3n) is 6.54. The molecule has 3 N–H and O–H groups in total. The van der Waals surface area contributed by atoms with Crippen LogP contribution in [-0.2, 0) is 20.8 Å². The van der Waals surface area contributed by atoms with Gasteiger partial charge in [-0.1, -0.05) is 42.5 Å². The molecule has 0 aliphatic heterocycles. The number of ether oxygens (including phenoxy) is 1. The van der Waals surface area contributed by atoms with E-state index >= 15 is 0 Å². The van der Waals surface area contributed by atoms with Gasteiger partial charge in [0.2, 0.25) is 0 Å². The average Bonchev–Trinajstić information content (AvgIpc) is 3.09. The van der Waals surface area contributed by atoms with Gasteiger partial charge in [-0.15, -0.1) is 10.1 Å². The van der Waals surface area contributed by atoms with Gasteiger partial charge < -0.3 is 24.9 Å². The van der Waals surface area contributed by atoms with Crippen molar-refractivity contribution in [2.45, 2.75) is 89.1 Å². The molecule has 0 heterocycles. The van der Waals surface area contributed by atoms with Gasteiger partial charge in [-0.05, 0) is 75.7 Å². The summed E-state index contributed by atoms with van der Waals surface area (Å²) >= 11 is 0. The van der Waals surface area contributed by atoms with Crippen molar-refractivity contribution in [1.29, 1.82) is 0 Å². The van der Waals surface area contributed by atoms with Gasteiger partial charge in [0.15, 0.2) is 0 Å². The second-order valence-electron chi connectivity index (χ2n) is 9.38. The summed E-state index contributed by atoms with van der Waals surface area (Å²) in [5.74, 6) is -0.549. The fraction of sp³-hybridized carbons (Fsp3) is 0.654. The van der Waals surface area contributed by atoms with Crippen molar-refractivity contribution < 1.29 is 34.8 Å². The second kappa shape index (κ2) is 15.5. The first-order valence-corrected chi connectivity index (χ1v) is 12.5. The highest BCUT2D eigenvalue weighted by Gasteiger charge is 2.40. The van der Waals surface area contributed by atoms with Crippen LogP contribution in [0.2, 0.25) is 0 Å². The van der Waals surface area contributed by atoms with E-state index in [1.165, 1.54) is 12.5 Å². The Bertz CT molecular complexity index is 787. The Balaban J connectivity index is 1.65. The maximum absolute atomic E-state index is 11.7. The summed E-state index contributed by atoms with van der Waals surface area (Å²) in [6, 6.07) is 10.0. The second-order valence-corrected chi connectivity index (χ2v) is 9.38. The molecule has 0 aromatic heterocycles. The Labute approximate surface area is 206 Å². The molecular formula is C26H39NO8. The van der Waals surface area contributed by atoms with Crippen LogP contribution >= 0.6 is 0 Å². The van der Waals surface area contributed by atoms with Gasteiger partial charge in [-0.3, -0.25) is 4.79 Å². The predicted octanol–water partition coefficient (Wildman–Crippen LogP) is 3.37. The molecule has 196 valence electrons. The Morgan fingerprint density at radius 3 is 2.60 bits per heavy atom. The fourth-order valence-electron chi connectivity index (χ4n) is 4.61. The van der Waals surface area contributed by atoms with Gasteiger partial charge >= 0.3 is 5.97 Å². The molecule has 2 rings (SSSR count). The van der Waals surface area contributed by atoms with Gasteiger partial charge in [0.1, 0.15) is 12.7 Å². The number of aliphatic hydroxyl groups excluding tert-OH is 3. The van der Waals surface area contributed by atoms with Crippen LogP contribution in [0.1, 0.15) is 63.9 Å². The molecule has 0 bridgehead atoms. The maximum atomic E-state index is 11.7. The standard InChI is InChI=1S/C26H39NO8/c1-19(35-27(32)33)18-34-26(31)12-8-3-2-7-11-22-23(25(30)17-24(22)29)16-15-21(28)14-13-20-9-5-4-6-10-20/h2,4-7,9-10,19,21-25,28-30H,3,8,11-18H2,1H3/b7-2-/t19?,21-,22+,23+,24-,25+/m0/s1. The quantitative estimate of drug-likeness (QED) is 0.105. The van der Waals surface area contributed by atoms with Gasteiger partial charge in [-0.25, -0.2) is 0 Å². The first-order valence-electron chi connectivity index (χ1n) is 12.5. The van der Waals surface area contributed by atoms with Crippen LogP contribution < -0.4 is 0 Å². The SMILES string of the molecule is CC(COC(=O)CCC/C=C\C[C@@H]1[C@@H](CC[C@@H](O)CCc2ccccc2)[C@H](O)C[C@@H]1O)O[N+](=O)[O-]. The number of rotatable bonds is 16. The number of benzene rings is 1. The van der Waals surface area contributed by atoms with Crippen LogP contribution in [-0.4, -0.2) is 57.4 Å². The molecular weight excluding hydrogens is 454 g/mol. The predicted molar refractivity (Wildman–Crippen MR) is 130 cm³/mol. The lowest BCUT2D eigenvalue weighted by Gasteiger charge is -2.23. The number of hydrogen-bond donors (Lipinski definition) is 3. The topological polar surface area (TPSA) is 139 Å². The highest BCUT2D eigenvalue weighted by atomic mass is 17.0. The van der Waals surface area contributed by atoms with Crippen molar-refractivity contribution in [3.8, 4) is 0 Å². The first kappa shape index (κ1) is 28.7. The lowest BCUT2D eigenvalue weighted by molar-refractivity contribution is -0.767. The minimum atomic E-state index is -0.914. The number of allylic oxidation sites excluding steroid dienone is 2. The molecule has 1 fully saturated rings. The van der Waals surface area contributed by atoms with E-state index in [0.717, 1.165) is 6.42 Å². The minimum Gasteiger partial charge on any atom is -0.463 e. The summed E-state index contributed by atoms with van der Waals surface area (Å²) < 4.78 is 4.95. The van der Waals surface area contributed by atoms with Crippen molar-refractivity contribution in [1.82, 2.24) is 0 Å². The Kier molecular flexibility index (Phi) is 12.7. The number of esters is 1. The van der Waals surface area contributed by atoms with E-state index in [9.17, 15) is 30.2 Å². The van der Waals surface area contributed by atoms with Gasteiger partial charge in [-0.2, -0.15) is 0 Å². The molecule has 0 amide bonds. The van der Waals surface area contributed by atoms with Crippen LogP contribution in [0, 0.1) is 22.0 Å². The third kappa shape index (κ3) is 11.2. The van der Waals surface area contributed by atoms with E-state index in [1.807, 2.05) is 42.5 Å². The number of carbonyl (C=O) groups is 1. The fourth-order valence-corrected chi connectivity index (χ4v) is 4.61. The molecule has 9 heteroatoms. The Morgan fingerprint density at radius 2 is 1.89 bits per heavy atom. The summed E-state index contributed by atoms with van der Waals surface area (Å²) in [6.07, 6.45) is 6.69. The molecule has 1 aliphatic carbocycles. The smallest absolute Gasteiger partial charge is 0.305 e. The summed E-state index contributed by atoms with van der Waals surface area (Å²) in [5, 5.41) is 40.5. The van der Waals surface area contributed by atoms with Crippen molar-refractivity contribution in [3.63, 3.8) is 0 Å². The van der Waals surface area contributed by atoms with Gasteiger partial charge in [0.25, 0.3) is 5.09 Å². The summed E-state index contributed by atoms with van der Waals surface area (Å²) in [7, 11) is 0. The molecule has 1 saturated carbocycles. The van der Waals surface area contributed by atoms with Gasteiger partial charge in [0, 0.05) is 6.42 Å². The average molecular weight is 494 g/mol. The number of nitrogens with zero attached hydrogens (tertiary/aromatic N) is 1. The monoisotopic (exact) mass is 493 g/mol. The summed E-state index contributed by atoms with van der Waals surface area (Å²) in [4.78, 5) is 26.2. The maximum Gasteiger partial charge on any atom is 0.305 e. The molecule has 1 aromatic rings. The number of hydrogen-bond acceptors (Lipinski definition) is 8. The van der Waals surface area contributed by atoms with Crippen molar-refractivity contribution in [2.75, 3.05) is 6.61 Å². The number of carbonyl (C=O) groups excluding carboxylic acids is 1. The molecule has 1 unspecified atom stereocenters. The third-order valence-corrected chi connectivity index (χ3v) is 6.54. The van der Waals surface area contributed by atoms with E-state index in [1.54, 1.807) is 0 Å². The minimum absolute atomic E-state index is 0.0561. The van der Waals surface area contributed by atoms with Crippen LogP contribution in [0.4, 0.5) is 0 Å².